The van der Waals surface area contributed by atoms with Crippen LogP contribution < -0.4 is 0 Å². The molecule has 0 fully saturated rings. The second-order valence-electron chi connectivity index (χ2n) is 10.8. The van der Waals surface area contributed by atoms with Crippen LogP contribution in [0.2, 0.25) is 0 Å². The van der Waals surface area contributed by atoms with E-state index in [1.165, 1.54) is 0 Å². The molecule has 1 N–H and O–H groups in total. The largest absolute Gasteiger partial charge is 0.463 e. The van der Waals surface area contributed by atoms with Crippen LogP contribution in [0.25, 0.3) is 0 Å². The van der Waals surface area contributed by atoms with E-state index >= 15 is 0 Å². The van der Waals surface area contributed by atoms with E-state index in [-0.39, 0.29) is 40.0 Å². The van der Waals surface area contributed by atoms with E-state index < -0.39 is 0 Å². The minimum atomic E-state index is -0.178. The lowest BCUT2D eigenvalue weighted by Gasteiger charge is -2.10. The van der Waals surface area contributed by atoms with E-state index in [4.69, 9.17) is 57.2 Å². The molecular formula is C36H76O13. The molecule has 0 radical (unpaired) electrons. The van der Waals surface area contributed by atoms with E-state index in [2.05, 4.69) is 0 Å². The summed E-state index contributed by atoms with van der Waals surface area (Å²) < 4.78 is 60.3. The van der Waals surface area contributed by atoms with Crippen molar-refractivity contribution in [3.63, 3.8) is 0 Å². The molecule has 0 bridgehead atoms. The molecule has 298 valence electrons. The average molecular weight is 717 g/mol. The number of rotatable bonds is 41. The van der Waals surface area contributed by atoms with Crippen LogP contribution in [0.4, 0.5) is 0 Å². The fourth-order valence-corrected chi connectivity index (χ4v) is 3.63. The second-order valence-corrected chi connectivity index (χ2v) is 10.8. The Bertz CT molecular complexity index is 601. The van der Waals surface area contributed by atoms with Gasteiger partial charge < -0.3 is 57.2 Å². The van der Waals surface area contributed by atoms with Crippen LogP contribution in [0.5, 0.6) is 0 Å². The average Bonchev–Trinajstić information content (AvgIpc) is 3.08. The molecule has 0 amide bonds. The van der Waals surface area contributed by atoms with Gasteiger partial charge in [-0.2, -0.15) is 0 Å². The van der Waals surface area contributed by atoms with Crippen LogP contribution in [0, 0.1) is 5.92 Å². The Morgan fingerprint density at radius 2 is 0.633 bits per heavy atom. The Kier molecular flexibility index (Phi) is 50.3. The molecule has 0 saturated carbocycles. The molecule has 49 heavy (non-hydrogen) atoms. The Hall–Kier alpha value is -0.970. The number of aliphatic hydroxyl groups is 1. The van der Waals surface area contributed by atoms with Gasteiger partial charge in [0.2, 0.25) is 0 Å². The van der Waals surface area contributed by atoms with Crippen molar-refractivity contribution in [2.24, 2.45) is 5.92 Å². The number of ether oxygens (including phenoxy) is 11. The highest BCUT2D eigenvalue weighted by Gasteiger charge is 2.11. The molecule has 0 aromatic carbocycles. The second kappa shape index (κ2) is 47.0. The van der Waals surface area contributed by atoms with Gasteiger partial charge in [0.05, 0.1) is 52.2 Å². The highest BCUT2D eigenvalue weighted by atomic mass is 16.6. The van der Waals surface area contributed by atoms with Crippen LogP contribution >= 0.6 is 0 Å². The first kappa shape index (κ1) is 52.4. The van der Waals surface area contributed by atoms with Crippen molar-refractivity contribution in [1.29, 1.82) is 0 Å². The van der Waals surface area contributed by atoms with Crippen LogP contribution in [0.3, 0.4) is 0 Å². The maximum Gasteiger partial charge on any atom is 0.308 e. The van der Waals surface area contributed by atoms with Crippen molar-refractivity contribution in [2.75, 3.05) is 145 Å². The van der Waals surface area contributed by atoms with Gasteiger partial charge in [0.25, 0.3) is 0 Å². The summed E-state index contributed by atoms with van der Waals surface area (Å²) in [6, 6.07) is 0. The van der Waals surface area contributed by atoms with Gasteiger partial charge in [0.15, 0.2) is 0 Å². The number of carbonyl (C=O) groups excluding carboxylic acids is 1. The lowest BCUT2D eigenvalue weighted by molar-refractivity contribution is -0.149. The van der Waals surface area contributed by atoms with E-state index in [1.54, 1.807) is 0 Å². The summed E-state index contributed by atoms with van der Waals surface area (Å²) in [6.45, 7) is 16.5. The van der Waals surface area contributed by atoms with Crippen LogP contribution in [0.1, 0.15) is 80.1 Å². The van der Waals surface area contributed by atoms with Gasteiger partial charge >= 0.3 is 5.97 Å². The van der Waals surface area contributed by atoms with Gasteiger partial charge in [-0.05, 0) is 51.4 Å². The molecule has 0 heterocycles. The molecule has 1 unspecified atom stereocenters. The summed E-state index contributed by atoms with van der Waals surface area (Å²) in [5, 5.41) is 8.66. The summed E-state index contributed by atoms with van der Waals surface area (Å²) in [6.07, 6.45) is 6.72. The fourth-order valence-electron chi connectivity index (χ4n) is 3.63. The quantitative estimate of drug-likeness (QED) is 0.0690. The minimum Gasteiger partial charge on any atom is -0.463 e. The first-order valence-corrected chi connectivity index (χ1v) is 17.8. The molecule has 0 rings (SSSR count). The van der Waals surface area contributed by atoms with Gasteiger partial charge in [0, 0.05) is 92.5 Å². The molecule has 1 atom stereocenters. The van der Waals surface area contributed by atoms with Gasteiger partial charge in [-0.25, -0.2) is 0 Å². The lowest BCUT2D eigenvalue weighted by atomic mass is 10.1. The predicted molar refractivity (Wildman–Crippen MR) is 191 cm³/mol. The Labute approximate surface area is 299 Å². The zero-order valence-corrected chi connectivity index (χ0v) is 29.6. The van der Waals surface area contributed by atoms with E-state index in [0.29, 0.717) is 139 Å². The normalized spacial score (nSPS) is 11.7. The smallest absolute Gasteiger partial charge is 0.308 e. The molecule has 0 aromatic heterocycles. The number of hydrogen-bond acceptors (Lipinski definition) is 13. The highest BCUT2D eigenvalue weighted by Crippen LogP contribution is 2.02. The van der Waals surface area contributed by atoms with E-state index in [9.17, 15) is 4.79 Å². The number of hydrogen-bond donors (Lipinski definition) is 1. The van der Waals surface area contributed by atoms with Crippen molar-refractivity contribution in [3.8, 4) is 0 Å². The molecule has 0 spiro atoms. The van der Waals surface area contributed by atoms with E-state index in [1.807, 2.05) is 13.8 Å². The zero-order chi connectivity index (χ0) is 34.1. The number of aliphatic hydroxyl groups excluding tert-OH is 1. The van der Waals surface area contributed by atoms with Crippen molar-refractivity contribution >= 4 is 5.97 Å². The first-order valence-electron chi connectivity index (χ1n) is 17.8. The zero-order valence-electron chi connectivity index (χ0n) is 29.6. The Balaban J connectivity index is -0.0000106. The summed E-state index contributed by atoms with van der Waals surface area (Å²) in [5.41, 5.74) is 0. The number of esters is 1. The minimum absolute atomic E-state index is 0. The molecule has 0 aromatic rings. The SMILES string of the molecule is C.C.CCC(C)C(=O)OCCOCCOCCOCCOCCCOCCCOCCCOCCCOCCCOCCCOCCCO. The van der Waals surface area contributed by atoms with Crippen molar-refractivity contribution < 1.29 is 62.0 Å². The van der Waals surface area contributed by atoms with Gasteiger partial charge in [-0.3, -0.25) is 4.79 Å². The maximum absolute atomic E-state index is 11.5. The summed E-state index contributed by atoms with van der Waals surface area (Å²) in [4.78, 5) is 11.5. The summed E-state index contributed by atoms with van der Waals surface area (Å²) in [7, 11) is 0. The first-order chi connectivity index (χ1) is 23.2. The summed E-state index contributed by atoms with van der Waals surface area (Å²) >= 11 is 0. The highest BCUT2D eigenvalue weighted by molar-refractivity contribution is 5.71. The summed E-state index contributed by atoms with van der Waals surface area (Å²) in [5.74, 6) is -0.247. The predicted octanol–water partition coefficient (Wildman–Crippen LogP) is 4.74. The Morgan fingerprint density at radius 1 is 0.408 bits per heavy atom. The van der Waals surface area contributed by atoms with Gasteiger partial charge in [-0.15, -0.1) is 0 Å². The third kappa shape index (κ3) is 45.0. The molecule has 13 heteroatoms. The molecular weight excluding hydrogens is 640 g/mol. The topological polar surface area (TPSA) is 139 Å². The van der Waals surface area contributed by atoms with E-state index in [0.717, 1.165) is 44.9 Å². The maximum atomic E-state index is 11.5. The van der Waals surface area contributed by atoms with Gasteiger partial charge in [0.1, 0.15) is 6.61 Å². The van der Waals surface area contributed by atoms with Crippen LogP contribution in [0.15, 0.2) is 0 Å². The van der Waals surface area contributed by atoms with Crippen LogP contribution in [-0.2, 0) is 56.9 Å². The molecule has 0 aliphatic rings. The monoisotopic (exact) mass is 717 g/mol. The third-order valence-electron chi connectivity index (χ3n) is 6.51. The molecule has 0 aliphatic heterocycles. The van der Waals surface area contributed by atoms with Gasteiger partial charge in [-0.1, -0.05) is 28.7 Å². The molecule has 0 aliphatic carbocycles. The van der Waals surface area contributed by atoms with Crippen molar-refractivity contribution in [3.05, 3.63) is 0 Å². The van der Waals surface area contributed by atoms with Crippen LogP contribution in [-0.4, -0.2) is 156 Å². The molecule has 13 nitrogen and oxygen atoms in total. The van der Waals surface area contributed by atoms with Crippen molar-refractivity contribution in [1.82, 2.24) is 0 Å². The number of carbonyl (C=O) groups is 1. The fraction of sp³-hybridized carbons (Fsp3) is 0.972. The molecule has 0 saturated heterocycles. The standard InChI is InChI=1S/C34H68O13.2CH4/c1-3-33(2)34(36)47-32-31-46-30-29-45-28-27-44-26-25-43-24-10-23-42-22-9-21-41-20-8-19-40-18-7-17-39-16-6-15-38-14-5-13-37-12-4-11-35;;/h33,35H,3-32H2,1-2H3;2*1H4. The third-order valence-corrected chi connectivity index (χ3v) is 6.51. The lowest BCUT2D eigenvalue weighted by Crippen LogP contribution is -2.18. The van der Waals surface area contributed by atoms with Crippen molar-refractivity contribution in [2.45, 2.75) is 80.1 Å². The Morgan fingerprint density at radius 3 is 0.898 bits per heavy atom.